The molecule has 0 unspecified atom stereocenters. The summed E-state index contributed by atoms with van der Waals surface area (Å²) in [5.74, 6) is -0.754. The number of halogens is 1. The van der Waals surface area contributed by atoms with E-state index in [2.05, 4.69) is 9.88 Å². The van der Waals surface area contributed by atoms with Gasteiger partial charge in [0.25, 0.3) is 0 Å². The Morgan fingerprint density at radius 1 is 1.25 bits per heavy atom. The summed E-state index contributed by atoms with van der Waals surface area (Å²) in [5.41, 5.74) is 0.233. The zero-order valence-electron chi connectivity index (χ0n) is 12.9. The first-order valence-corrected chi connectivity index (χ1v) is 9.98. The van der Waals surface area contributed by atoms with Crippen molar-refractivity contribution >= 4 is 25.7 Å². The van der Waals surface area contributed by atoms with E-state index >= 15 is 0 Å². The maximum absolute atomic E-state index is 14.0. The highest BCUT2D eigenvalue weighted by Crippen LogP contribution is 2.20. The lowest BCUT2D eigenvalue weighted by Gasteiger charge is -2.10. The Kier molecular flexibility index (Phi) is 5.26. The summed E-state index contributed by atoms with van der Waals surface area (Å²) in [7, 11) is -7.64. The van der Waals surface area contributed by atoms with Gasteiger partial charge in [-0.15, -0.1) is 0 Å². The van der Waals surface area contributed by atoms with Gasteiger partial charge in [-0.05, 0) is 32.0 Å². The largest absolute Gasteiger partial charge is 0.361 e. The fourth-order valence-corrected chi connectivity index (χ4v) is 3.39. The molecule has 2 aromatic rings. The summed E-state index contributed by atoms with van der Waals surface area (Å²) in [6.07, 6.45) is 1.38. The number of anilines is 1. The smallest absolute Gasteiger partial charge is 0.240 e. The molecule has 0 aliphatic carbocycles. The summed E-state index contributed by atoms with van der Waals surface area (Å²) in [5, 5.41) is 3.53. The van der Waals surface area contributed by atoms with Gasteiger partial charge in [-0.3, -0.25) is 4.72 Å². The third-order valence-electron chi connectivity index (χ3n) is 3.20. The maximum atomic E-state index is 14.0. The van der Waals surface area contributed by atoms with Crippen LogP contribution in [0.2, 0.25) is 0 Å². The number of sulfonamides is 2. The van der Waals surface area contributed by atoms with Crippen molar-refractivity contribution in [1.29, 1.82) is 0 Å². The quantitative estimate of drug-likeness (QED) is 0.752. The van der Waals surface area contributed by atoms with Gasteiger partial charge >= 0.3 is 0 Å². The SMILES string of the molecule is CCS(=O)(=O)Nc1ccc(S(=O)(=O)NCc2cnoc2C)cc1F. The number of aromatic nitrogens is 1. The molecular formula is C13H16FN3O5S2. The van der Waals surface area contributed by atoms with Gasteiger partial charge in [-0.1, -0.05) is 5.16 Å². The first-order chi connectivity index (χ1) is 11.1. The zero-order valence-corrected chi connectivity index (χ0v) is 14.5. The molecule has 24 heavy (non-hydrogen) atoms. The second-order valence-electron chi connectivity index (χ2n) is 4.88. The van der Waals surface area contributed by atoms with E-state index in [1.807, 2.05) is 4.72 Å². The van der Waals surface area contributed by atoms with E-state index in [4.69, 9.17) is 4.52 Å². The van der Waals surface area contributed by atoms with Gasteiger partial charge in [-0.25, -0.2) is 25.9 Å². The van der Waals surface area contributed by atoms with Crippen LogP contribution in [0.3, 0.4) is 0 Å². The van der Waals surface area contributed by atoms with Crippen LogP contribution < -0.4 is 9.44 Å². The Hall–Kier alpha value is -1.98. The van der Waals surface area contributed by atoms with Gasteiger partial charge in [0, 0.05) is 12.1 Å². The minimum atomic E-state index is -3.98. The third-order valence-corrected chi connectivity index (χ3v) is 5.89. The van der Waals surface area contributed by atoms with Gasteiger partial charge in [0.05, 0.1) is 22.5 Å². The topological polar surface area (TPSA) is 118 Å². The number of hydrogen-bond donors (Lipinski definition) is 2. The molecule has 0 saturated carbocycles. The van der Waals surface area contributed by atoms with Gasteiger partial charge in [0.2, 0.25) is 20.0 Å². The first-order valence-electron chi connectivity index (χ1n) is 6.84. The van der Waals surface area contributed by atoms with Crippen molar-refractivity contribution in [1.82, 2.24) is 9.88 Å². The van der Waals surface area contributed by atoms with Crippen LogP contribution in [0.25, 0.3) is 0 Å². The minimum absolute atomic E-state index is 0.0660. The third kappa shape index (κ3) is 4.30. The number of benzene rings is 1. The average Bonchev–Trinajstić information content (AvgIpc) is 2.92. The van der Waals surface area contributed by atoms with Crippen LogP contribution in [0.4, 0.5) is 10.1 Å². The Morgan fingerprint density at radius 3 is 2.50 bits per heavy atom. The van der Waals surface area contributed by atoms with Crippen molar-refractivity contribution < 1.29 is 25.7 Å². The number of nitrogens with one attached hydrogen (secondary N) is 2. The molecule has 0 radical (unpaired) electrons. The second-order valence-corrected chi connectivity index (χ2v) is 8.66. The first kappa shape index (κ1) is 18.4. The molecule has 0 aliphatic rings. The Bertz CT molecular complexity index is 938. The lowest BCUT2D eigenvalue weighted by Crippen LogP contribution is -2.23. The second kappa shape index (κ2) is 6.87. The molecule has 1 aromatic carbocycles. The van der Waals surface area contributed by atoms with E-state index in [0.29, 0.717) is 11.3 Å². The van der Waals surface area contributed by atoms with Crippen LogP contribution in [0.1, 0.15) is 18.2 Å². The van der Waals surface area contributed by atoms with Gasteiger partial charge in [0.15, 0.2) is 0 Å². The summed E-state index contributed by atoms with van der Waals surface area (Å²) in [4.78, 5) is -0.325. The summed E-state index contributed by atoms with van der Waals surface area (Å²) in [6.45, 7) is 2.96. The molecule has 0 atom stereocenters. The summed E-state index contributed by atoms with van der Waals surface area (Å²) < 4.78 is 70.4. The molecule has 0 spiro atoms. The van der Waals surface area contributed by atoms with Crippen molar-refractivity contribution in [3.63, 3.8) is 0 Å². The number of nitrogens with zero attached hydrogens (tertiary/aromatic N) is 1. The van der Waals surface area contributed by atoms with E-state index in [0.717, 1.165) is 18.2 Å². The molecule has 0 bridgehead atoms. The molecule has 2 N–H and O–H groups in total. The Morgan fingerprint density at radius 2 is 1.96 bits per heavy atom. The zero-order chi connectivity index (χ0) is 18.0. The minimum Gasteiger partial charge on any atom is -0.361 e. The van der Waals surface area contributed by atoms with Crippen molar-refractivity contribution in [3.8, 4) is 0 Å². The van der Waals surface area contributed by atoms with E-state index < -0.39 is 25.9 Å². The van der Waals surface area contributed by atoms with Crippen LogP contribution in [0.5, 0.6) is 0 Å². The predicted molar refractivity (Wildman–Crippen MR) is 84.7 cm³/mol. The van der Waals surface area contributed by atoms with Crippen molar-refractivity contribution in [2.24, 2.45) is 0 Å². The van der Waals surface area contributed by atoms with Crippen LogP contribution in [0.15, 0.2) is 33.8 Å². The monoisotopic (exact) mass is 377 g/mol. The average molecular weight is 377 g/mol. The molecule has 0 aliphatic heterocycles. The van der Waals surface area contributed by atoms with E-state index in [1.54, 1.807) is 6.92 Å². The van der Waals surface area contributed by atoms with Crippen LogP contribution in [-0.4, -0.2) is 27.7 Å². The standard InChI is InChI=1S/C13H16FN3O5S2/c1-3-23(18,19)17-13-5-4-11(6-12(13)14)24(20,21)16-8-10-7-15-22-9(10)2/h4-7,16-17H,3,8H2,1-2H3. The fraction of sp³-hybridized carbons (Fsp3) is 0.308. The maximum Gasteiger partial charge on any atom is 0.240 e. The highest BCUT2D eigenvalue weighted by molar-refractivity contribution is 7.92. The van der Waals surface area contributed by atoms with E-state index in [1.165, 1.54) is 13.1 Å². The molecule has 132 valence electrons. The molecule has 0 saturated heterocycles. The van der Waals surface area contributed by atoms with Gasteiger partial charge < -0.3 is 4.52 Å². The van der Waals surface area contributed by atoms with Gasteiger partial charge in [-0.2, -0.15) is 0 Å². The molecular weight excluding hydrogens is 361 g/mol. The number of aryl methyl sites for hydroxylation is 1. The number of rotatable bonds is 7. The van der Waals surface area contributed by atoms with Crippen molar-refractivity contribution in [3.05, 3.63) is 41.5 Å². The van der Waals surface area contributed by atoms with Gasteiger partial charge in [0.1, 0.15) is 11.6 Å². The molecule has 2 rings (SSSR count). The molecule has 0 fully saturated rings. The normalized spacial score (nSPS) is 12.3. The predicted octanol–water partition coefficient (Wildman–Crippen LogP) is 1.36. The van der Waals surface area contributed by atoms with Crippen LogP contribution in [0, 0.1) is 12.7 Å². The van der Waals surface area contributed by atoms with Crippen molar-refractivity contribution in [2.45, 2.75) is 25.3 Å². The molecule has 8 nitrogen and oxygen atoms in total. The highest BCUT2D eigenvalue weighted by atomic mass is 32.2. The van der Waals surface area contributed by atoms with Crippen LogP contribution >= 0.6 is 0 Å². The Balaban J connectivity index is 2.19. The van der Waals surface area contributed by atoms with Crippen LogP contribution in [-0.2, 0) is 26.6 Å². The lowest BCUT2D eigenvalue weighted by atomic mass is 10.3. The molecule has 11 heteroatoms. The molecule has 1 heterocycles. The fourth-order valence-electron chi connectivity index (χ4n) is 1.73. The summed E-state index contributed by atoms with van der Waals surface area (Å²) in [6, 6.07) is 2.91. The highest BCUT2D eigenvalue weighted by Gasteiger charge is 2.18. The molecule has 1 aromatic heterocycles. The van der Waals surface area contributed by atoms with E-state index in [-0.39, 0.29) is 22.9 Å². The van der Waals surface area contributed by atoms with Crippen molar-refractivity contribution in [2.75, 3.05) is 10.5 Å². The Labute approximate surface area is 139 Å². The lowest BCUT2D eigenvalue weighted by molar-refractivity contribution is 0.396. The van der Waals surface area contributed by atoms with E-state index in [9.17, 15) is 21.2 Å². The number of hydrogen-bond acceptors (Lipinski definition) is 6. The summed E-state index contributed by atoms with van der Waals surface area (Å²) >= 11 is 0. The molecule has 0 amide bonds.